The Kier molecular flexibility index (Phi) is 4.23. The molecule has 0 N–H and O–H groups in total. The maximum Gasteiger partial charge on any atom is 0.348 e. The summed E-state index contributed by atoms with van der Waals surface area (Å²) >= 11 is 7.41. The molecule has 0 amide bonds. The molecule has 3 rings (SSSR count). The minimum Gasteiger partial charge on any atom is -0.465 e. The molecule has 118 valence electrons. The van der Waals surface area contributed by atoms with Crippen LogP contribution in [0.3, 0.4) is 0 Å². The molecular formula is C15H18ClN3O2S. The molecule has 1 unspecified atom stereocenters. The zero-order chi connectivity index (χ0) is 15.9. The summed E-state index contributed by atoms with van der Waals surface area (Å²) in [6.07, 6.45) is 2.37. The zero-order valence-corrected chi connectivity index (χ0v) is 14.4. The fourth-order valence-electron chi connectivity index (χ4n) is 2.99. The number of piperidine rings is 1. The van der Waals surface area contributed by atoms with Gasteiger partial charge in [-0.3, -0.25) is 0 Å². The molecule has 0 saturated carbocycles. The van der Waals surface area contributed by atoms with E-state index in [1.54, 1.807) is 0 Å². The number of carbonyl (C=O) groups excluding carboxylic acids is 1. The lowest BCUT2D eigenvalue weighted by molar-refractivity contribution is 0.0605. The van der Waals surface area contributed by atoms with Gasteiger partial charge < -0.3 is 9.64 Å². The van der Waals surface area contributed by atoms with Crippen LogP contribution in [0.4, 0.5) is 5.82 Å². The fourth-order valence-corrected chi connectivity index (χ4v) is 4.30. The highest BCUT2D eigenvalue weighted by atomic mass is 35.5. The number of methoxy groups -OCH3 is 1. The van der Waals surface area contributed by atoms with Gasteiger partial charge in [0.2, 0.25) is 5.28 Å². The standard InChI is InChI=1S/C15H18ClN3O2S/c1-8-5-4-6-19(7-8)12-10-9(2)11(14(20)21-3)22-13(10)18-15(16)17-12/h8H,4-7H2,1-3H3. The van der Waals surface area contributed by atoms with Gasteiger partial charge in [0.1, 0.15) is 15.5 Å². The molecule has 1 saturated heterocycles. The maximum atomic E-state index is 11.9. The van der Waals surface area contributed by atoms with E-state index < -0.39 is 0 Å². The van der Waals surface area contributed by atoms with Crippen molar-refractivity contribution < 1.29 is 9.53 Å². The summed E-state index contributed by atoms with van der Waals surface area (Å²) in [5.41, 5.74) is 0.872. The highest BCUT2D eigenvalue weighted by molar-refractivity contribution is 7.20. The number of halogens is 1. The second-order valence-electron chi connectivity index (χ2n) is 5.74. The lowest BCUT2D eigenvalue weighted by Crippen LogP contribution is -2.35. The lowest BCUT2D eigenvalue weighted by atomic mass is 10.00. The Morgan fingerprint density at radius 3 is 2.91 bits per heavy atom. The van der Waals surface area contributed by atoms with Crippen LogP contribution in [0.5, 0.6) is 0 Å². The molecule has 0 spiro atoms. The Morgan fingerprint density at radius 2 is 2.23 bits per heavy atom. The quantitative estimate of drug-likeness (QED) is 0.617. The molecule has 1 fully saturated rings. The van der Waals surface area contributed by atoms with Gasteiger partial charge >= 0.3 is 5.97 Å². The van der Waals surface area contributed by atoms with E-state index in [2.05, 4.69) is 21.8 Å². The van der Waals surface area contributed by atoms with Crippen LogP contribution < -0.4 is 4.90 Å². The van der Waals surface area contributed by atoms with E-state index in [9.17, 15) is 4.79 Å². The van der Waals surface area contributed by atoms with Gasteiger partial charge in [-0.25, -0.2) is 9.78 Å². The van der Waals surface area contributed by atoms with Crippen molar-refractivity contribution in [3.8, 4) is 0 Å². The van der Waals surface area contributed by atoms with Crippen molar-refractivity contribution >= 4 is 44.9 Å². The third-order valence-corrected chi connectivity index (χ3v) is 5.41. The lowest BCUT2D eigenvalue weighted by Gasteiger charge is -2.32. The number of anilines is 1. The highest BCUT2D eigenvalue weighted by Gasteiger charge is 2.25. The second kappa shape index (κ2) is 6.01. The number of esters is 1. The van der Waals surface area contributed by atoms with E-state index in [1.807, 2.05) is 6.92 Å². The summed E-state index contributed by atoms with van der Waals surface area (Å²) in [7, 11) is 1.39. The van der Waals surface area contributed by atoms with Gasteiger partial charge in [0, 0.05) is 13.1 Å². The molecule has 1 atom stereocenters. The molecule has 2 aromatic heterocycles. The molecule has 0 bridgehead atoms. The average Bonchev–Trinajstić information content (AvgIpc) is 2.82. The van der Waals surface area contributed by atoms with Gasteiger partial charge in [-0.2, -0.15) is 4.98 Å². The summed E-state index contributed by atoms with van der Waals surface area (Å²) in [5, 5.41) is 1.14. The van der Waals surface area contributed by atoms with E-state index in [-0.39, 0.29) is 11.3 Å². The number of nitrogens with zero attached hydrogens (tertiary/aromatic N) is 3. The number of rotatable bonds is 2. The predicted molar refractivity (Wildman–Crippen MR) is 89.1 cm³/mol. The van der Waals surface area contributed by atoms with Crippen LogP contribution in [0.15, 0.2) is 0 Å². The summed E-state index contributed by atoms with van der Waals surface area (Å²) in [6, 6.07) is 0. The summed E-state index contributed by atoms with van der Waals surface area (Å²) in [4.78, 5) is 24.2. The number of carbonyl (C=O) groups is 1. The SMILES string of the molecule is COC(=O)c1sc2nc(Cl)nc(N3CCCC(C)C3)c2c1C. The van der Waals surface area contributed by atoms with Crippen LogP contribution in [0.1, 0.15) is 35.0 Å². The van der Waals surface area contributed by atoms with Crippen LogP contribution in [0, 0.1) is 12.8 Å². The molecule has 1 aliphatic heterocycles. The number of fused-ring (bicyclic) bond motifs is 1. The van der Waals surface area contributed by atoms with Gasteiger partial charge in [-0.05, 0) is 42.8 Å². The van der Waals surface area contributed by atoms with Crippen molar-refractivity contribution in [2.75, 3.05) is 25.1 Å². The van der Waals surface area contributed by atoms with Crippen LogP contribution in [-0.2, 0) is 4.74 Å². The van der Waals surface area contributed by atoms with Gasteiger partial charge in [0.05, 0.1) is 12.5 Å². The molecule has 1 aliphatic rings. The summed E-state index contributed by atoms with van der Waals surface area (Å²) < 4.78 is 4.86. The first-order valence-electron chi connectivity index (χ1n) is 7.31. The predicted octanol–water partition coefficient (Wildman–Crippen LogP) is 3.68. The Bertz CT molecular complexity index is 731. The van der Waals surface area contributed by atoms with Crippen molar-refractivity contribution in [2.45, 2.75) is 26.7 Å². The number of aryl methyl sites for hydroxylation is 1. The first-order chi connectivity index (χ1) is 10.5. The average molecular weight is 340 g/mol. The van der Waals surface area contributed by atoms with Crippen molar-refractivity contribution in [3.63, 3.8) is 0 Å². The minimum absolute atomic E-state index is 0.221. The number of thiophene rings is 1. The molecule has 0 radical (unpaired) electrons. The number of aromatic nitrogens is 2. The van der Waals surface area contributed by atoms with E-state index in [1.165, 1.54) is 24.9 Å². The summed E-state index contributed by atoms with van der Waals surface area (Å²) in [6.45, 7) is 6.06. The Labute approximate surface area is 138 Å². The molecule has 22 heavy (non-hydrogen) atoms. The second-order valence-corrected chi connectivity index (χ2v) is 7.07. The third-order valence-electron chi connectivity index (χ3n) is 4.07. The van der Waals surface area contributed by atoms with E-state index in [4.69, 9.17) is 16.3 Å². The molecule has 3 heterocycles. The first-order valence-corrected chi connectivity index (χ1v) is 8.50. The smallest absolute Gasteiger partial charge is 0.348 e. The molecular weight excluding hydrogens is 322 g/mol. The van der Waals surface area contributed by atoms with Crippen LogP contribution in [0.25, 0.3) is 10.2 Å². The topological polar surface area (TPSA) is 55.3 Å². The fraction of sp³-hybridized carbons (Fsp3) is 0.533. The first kappa shape index (κ1) is 15.5. The van der Waals surface area contributed by atoms with Crippen molar-refractivity contribution in [2.24, 2.45) is 5.92 Å². The van der Waals surface area contributed by atoms with Gasteiger partial charge in [0.15, 0.2) is 0 Å². The maximum absolute atomic E-state index is 11.9. The Balaban J connectivity index is 2.16. The third kappa shape index (κ3) is 2.65. The van der Waals surface area contributed by atoms with E-state index >= 15 is 0 Å². The van der Waals surface area contributed by atoms with Gasteiger partial charge in [-0.1, -0.05) is 6.92 Å². The molecule has 0 aliphatic carbocycles. The Hall–Kier alpha value is -1.40. The minimum atomic E-state index is -0.338. The molecule has 5 nitrogen and oxygen atoms in total. The molecule has 7 heteroatoms. The Morgan fingerprint density at radius 1 is 1.45 bits per heavy atom. The highest BCUT2D eigenvalue weighted by Crippen LogP contribution is 2.37. The molecule has 2 aromatic rings. The van der Waals surface area contributed by atoms with Crippen LogP contribution in [-0.4, -0.2) is 36.1 Å². The van der Waals surface area contributed by atoms with Crippen molar-refractivity contribution in [3.05, 3.63) is 15.7 Å². The zero-order valence-electron chi connectivity index (χ0n) is 12.9. The summed E-state index contributed by atoms with van der Waals surface area (Å²) in [5.74, 6) is 1.12. The van der Waals surface area contributed by atoms with Gasteiger partial charge in [-0.15, -0.1) is 11.3 Å². The monoisotopic (exact) mass is 339 g/mol. The van der Waals surface area contributed by atoms with E-state index in [0.717, 1.165) is 41.1 Å². The largest absolute Gasteiger partial charge is 0.465 e. The van der Waals surface area contributed by atoms with Crippen molar-refractivity contribution in [1.29, 1.82) is 0 Å². The van der Waals surface area contributed by atoms with Gasteiger partial charge in [0.25, 0.3) is 0 Å². The van der Waals surface area contributed by atoms with Crippen LogP contribution >= 0.6 is 22.9 Å². The number of hydrogen-bond acceptors (Lipinski definition) is 6. The normalized spacial score (nSPS) is 18.7. The van der Waals surface area contributed by atoms with Crippen LogP contribution in [0.2, 0.25) is 5.28 Å². The number of ether oxygens (including phenoxy) is 1. The molecule has 0 aromatic carbocycles. The van der Waals surface area contributed by atoms with E-state index in [0.29, 0.717) is 10.8 Å². The number of hydrogen-bond donors (Lipinski definition) is 0. The van der Waals surface area contributed by atoms with Crippen molar-refractivity contribution in [1.82, 2.24) is 9.97 Å².